The van der Waals surface area contributed by atoms with Crippen molar-refractivity contribution in [2.75, 3.05) is 32.8 Å². The Labute approximate surface area is 125 Å². The molecule has 2 N–H and O–H groups in total. The van der Waals surface area contributed by atoms with Crippen LogP contribution in [0.3, 0.4) is 0 Å². The standard InChI is InChI=1S/C16H23N3O2/c20-16(18-14-6-7-17-10-14)15-12-19(8-9-21-15)11-13-4-2-1-3-5-13/h1-5,14-15,17H,6-12H2,(H,18,20). The Kier molecular flexibility index (Phi) is 4.85. The molecule has 2 aliphatic rings. The monoisotopic (exact) mass is 289 g/mol. The lowest BCUT2D eigenvalue weighted by Gasteiger charge is -2.32. The average Bonchev–Trinajstić information content (AvgIpc) is 3.01. The molecule has 2 aliphatic heterocycles. The van der Waals surface area contributed by atoms with E-state index in [1.54, 1.807) is 0 Å². The Morgan fingerprint density at radius 2 is 2.24 bits per heavy atom. The summed E-state index contributed by atoms with van der Waals surface area (Å²) in [6.45, 7) is 4.89. The van der Waals surface area contributed by atoms with Crippen molar-refractivity contribution in [1.82, 2.24) is 15.5 Å². The molecule has 0 spiro atoms. The van der Waals surface area contributed by atoms with Crippen molar-refractivity contribution in [2.45, 2.75) is 25.1 Å². The van der Waals surface area contributed by atoms with Gasteiger partial charge in [-0.1, -0.05) is 30.3 Å². The molecule has 0 aliphatic carbocycles. The molecule has 1 aromatic rings. The number of nitrogens with one attached hydrogen (secondary N) is 2. The molecular weight excluding hydrogens is 266 g/mol. The average molecular weight is 289 g/mol. The van der Waals surface area contributed by atoms with Gasteiger partial charge in [0.2, 0.25) is 0 Å². The van der Waals surface area contributed by atoms with Gasteiger partial charge in [-0.15, -0.1) is 0 Å². The number of carbonyl (C=O) groups excluding carboxylic acids is 1. The summed E-state index contributed by atoms with van der Waals surface area (Å²) in [5, 5.41) is 6.34. The van der Waals surface area contributed by atoms with Gasteiger partial charge in [-0.25, -0.2) is 0 Å². The molecule has 2 unspecified atom stereocenters. The SMILES string of the molecule is O=C(NC1CCNC1)C1CN(Cc2ccccc2)CCO1. The minimum atomic E-state index is -0.344. The number of ether oxygens (including phenoxy) is 1. The van der Waals surface area contributed by atoms with E-state index < -0.39 is 0 Å². The maximum atomic E-state index is 12.3. The van der Waals surface area contributed by atoms with Crippen molar-refractivity contribution in [3.05, 3.63) is 35.9 Å². The number of nitrogens with zero attached hydrogens (tertiary/aromatic N) is 1. The highest BCUT2D eigenvalue weighted by molar-refractivity contribution is 5.81. The van der Waals surface area contributed by atoms with Crippen LogP contribution < -0.4 is 10.6 Å². The minimum Gasteiger partial charge on any atom is -0.366 e. The van der Waals surface area contributed by atoms with Crippen LogP contribution in [0.25, 0.3) is 0 Å². The summed E-state index contributed by atoms with van der Waals surface area (Å²) in [6, 6.07) is 10.6. The Bertz CT molecular complexity index is 460. The van der Waals surface area contributed by atoms with Gasteiger partial charge in [0.25, 0.3) is 5.91 Å². The third-order valence-electron chi connectivity index (χ3n) is 4.10. The normalized spacial score (nSPS) is 26.7. The van der Waals surface area contributed by atoms with E-state index in [9.17, 15) is 4.79 Å². The fraction of sp³-hybridized carbons (Fsp3) is 0.562. The molecule has 1 amide bonds. The zero-order valence-corrected chi connectivity index (χ0v) is 12.3. The molecule has 1 aromatic carbocycles. The highest BCUT2D eigenvalue weighted by Gasteiger charge is 2.28. The predicted molar refractivity (Wildman–Crippen MR) is 80.9 cm³/mol. The number of benzene rings is 1. The van der Waals surface area contributed by atoms with Gasteiger partial charge in [-0.05, 0) is 18.5 Å². The quantitative estimate of drug-likeness (QED) is 0.841. The van der Waals surface area contributed by atoms with Gasteiger partial charge in [-0.2, -0.15) is 0 Å². The number of morpholine rings is 1. The second-order valence-corrected chi connectivity index (χ2v) is 5.78. The van der Waals surface area contributed by atoms with Crippen LogP contribution in [-0.2, 0) is 16.1 Å². The molecule has 5 nitrogen and oxygen atoms in total. The van der Waals surface area contributed by atoms with Crippen molar-refractivity contribution in [3.63, 3.8) is 0 Å². The van der Waals surface area contributed by atoms with E-state index in [2.05, 4.69) is 27.7 Å². The highest BCUT2D eigenvalue weighted by Crippen LogP contribution is 2.11. The Balaban J connectivity index is 1.51. The van der Waals surface area contributed by atoms with Crippen LogP contribution in [-0.4, -0.2) is 55.7 Å². The maximum Gasteiger partial charge on any atom is 0.250 e. The highest BCUT2D eigenvalue weighted by atomic mass is 16.5. The van der Waals surface area contributed by atoms with Crippen LogP contribution in [0.5, 0.6) is 0 Å². The topological polar surface area (TPSA) is 53.6 Å². The summed E-state index contributed by atoms with van der Waals surface area (Å²) in [5.41, 5.74) is 1.28. The summed E-state index contributed by atoms with van der Waals surface area (Å²) >= 11 is 0. The van der Waals surface area contributed by atoms with Crippen molar-refractivity contribution in [3.8, 4) is 0 Å². The van der Waals surface area contributed by atoms with Crippen LogP contribution in [0.2, 0.25) is 0 Å². The molecule has 3 rings (SSSR count). The van der Waals surface area contributed by atoms with Gasteiger partial charge in [0.05, 0.1) is 6.61 Å². The van der Waals surface area contributed by atoms with Crippen LogP contribution in [0.4, 0.5) is 0 Å². The van der Waals surface area contributed by atoms with E-state index in [1.807, 2.05) is 18.2 Å². The number of rotatable bonds is 4. The molecule has 2 fully saturated rings. The lowest BCUT2D eigenvalue weighted by molar-refractivity contribution is -0.139. The third-order valence-corrected chi connectivity index (χ3v) is 4.10. The van der Waals surface area contributed by atoms with Crippen molar-refractivity contribution in [1.29, 1.82) is 0 Å². The first-order valence-corrected chi connectivity index (χ1v) is 7.70. The van der Waals surface area contributed by atoms with E-state index in [-0.39, 0.29) is 18.1 Å². The molecule has 114 valence electrons. The van der Waals surface area contributed by atoms with Crippen molar-refractivity contribution >= 4 is 5.91 Å². The van der Waals surface area contributed by atoms with Gasteiger partial charge in [-0.3, -0.25) is 9.69 Å². The van der Waals surface area contributed by atoms with E-state index in [0.29, 0.717) is 13.2 Å². The summed E-state index contributed by atoms with van der Waals surface area (Å²) in [7, 11) is 0. The molecule has 0 bridgehead atoms. The second-order valence-electron chi connectivity index (χ2n) is 5.78. The largest absolute Gasteiger partial charge is 0.366 e. The van der Waals surface area contributed by atoms with Gasteiger partial charge in [0.15, 0.2) is 0 Å². The van der Waals surface area contributed by atoms with Gasteiger partial charge in [0.1, 0.15) is 6.10 Å². The second kappa shape index (κ2) is 7.02. The molecule has 0 saturated carbocycles. The van der Waals surface area contributed by atoms with Crippen LogP contribution in [0, 0.1) is 0 Å². The van der Waals surface area contributed by atoms with Gasteiger partial charge < -0.3 is 15.4 Å². The Hall–Kier alpha value is -1.43. The van der Waals surface area contributed by atoms with Crippen LogP contribution in [0.1, 0.15) is 12.0 Å². The van der Waals surface area contributed by atoms with Crippen molar-refractivity contribution in [2.24, 2.45) is 0 Å². The zero-order chi connectivity index (χ0) is 14.5. The number of amides is 1. The molecule has 2 heterocycles. The van der Waals surface area contributed by atoms with E-state index >= 15 is 0 Å². The third kappa shape index (κ3) is 4.03. The van der Waals surface area contributed by atoms with E-state index in [1.165, 1.54) is 5.56 Å². The summed E-state index contributed by atoms with van der Waals surface area (Å²) in [4.78, 5) is 14.5. The summed E-state index contributed by atoms with van der Waals surface area (Å²) in [6.07, 6.45) is 0.662. The molecule has 0 aromatic heterocycles. The maximum absolute atomic E-state index is 12.3. The first kappa shape index (κ1) is 14.5. The molecule has 5 heteroatoms. The number of hydrogen-bond acceptors (Lipinski definition) is 4. The van der Waals surface area contributed by atoms with Crippen LogP contribution in [0.15, 0.2) is 30.3 Å². The van der Waals surface area contributed by atoms with Crippen LogP contribution >= 0.6 is 0 Å². The fourth-order valence-electron chi connectivity index (χ4n) is 2.92. The predicted octanol–water partition coefficient (Wildman–Crippen LogP) is 0.366. The van der Waals surface area contributed by atoms with E-state index in [0.717, 1.165) is 32.6 Å². The summed E-state index contributed by atoms with van der Waals surface area (Å²) < 4.78 is 5.64. The van der Waals surface area contributed by atoms with Crippen molar-refractivity contribution < 1.29 is 9.53 Å². The first-order chi connectivity index (χ1) is 10.3. The van der Waals surface area contributed by atoms with Gasteiger partial charge >= 0.3 is 0 Å². The smallest absolute Gasteiger partial charge is 0.250 e. The summed E-state index contributed by atoms with van der Waals surface area (Å²) in [5.74, 6) is 0.0291. The number of carbonyl (C=O) groups is 1. The number of hydrogen-bond donors (Lipinski definition) is 2. The molecular formula is C16H23N3O2. The molecule has 2 saturated heterocycles. The zero-order valence-electron chi connectivity index (χ0n) is 12.3. The lowest BCUT2D eigenvalue weighted by Crippen LogP contribution is -2.51. The minimum absolute atomic E-state index is 0.0291. The molecule has 2 atom stereocenters. The lowest BCUT2D eigenvalue weighted by atomic mass is 10.1. The van der Waals surface area contributed by atoms with E-state index in [4.69, 9.17) is 4.74 Å². The molecule has 0 radical (unpaired) electrons. The fourth-order valence-corrected chi connectivity index (χ4v) is 2.92. The Morgan fingerprint density at radius 3 is 3.00 bits per heavy atom. The van der Waals surface area contributed by atoms with Gasteiger partial charge in [0, 0.05) is 32.2 Å². The molecule has 21 heavy (non-hydrogen) atoms. The Morgan fingerprint density at radius 1 is 1.38 bits per heavy atom. The first-order valence-electron chi connectivity index (χ1n) is 7.70.